The first-order valence-corrected chi connectivity index (χ1v) is 9.11. The second-order valence-electron chi connectivity index (χ2n) is 6.62. The number of hydrogen-bond acceptors (Lipinski definition) is 8. The maximum Gasteiger partial charge on any atom is 0.209 e. The number of ketones is 1. The molecule has 4 atom stereocenters. The molecule has 1 aliphatic rings. The standard InChI is InChI=1S/C20H19N5O4/c1-2-12(26)17-15(27)16(28)20(29-17)25-10-22-14-18(21)23-13(24-19(14)25)9-8-11-6-4-3-5-7-11/h3-7,10,15-17,20,27-28H,2H2,1H3,(H2,21,23,24)/t15-,16+,17+,20+/m0/s1. The van der Waals surface area contributed by atoms with E-state index in [1.165, 1.54) is 10.9 Å². The maximum absolute atomic E-state index is 12.0. The molecule has 4 rings (SSSR count). The number of aromatic nitrogens is 4. The van der Waals surface area contributed by atoms with Crippen LogP contribution in [0, 0.1) is 11.8 Å². The van der Waals surface area contributed by atoms with Crippen molar-refractivity contribution in [2.75, 3.05) is 5.73 Å². The second kappa shape index (κ2) is 7.60. The normalized spacial score (nSPS) is 23.7. The number of nitrogens with two attached hydrogens (primary N) is 1. The van der Waals surface area contributed by atoms with Crippen molar-refractivity contribution in [1.29, 1.82) is 0 Å². The minimum Gasteiger partial charge on any atom is -0.387 e. The van der Waals surface area contributed by atoms with Crippen LogP contribution in [-0.4, -0.2) is 53.8 Å². The zero-order valence-corrected chi connectivity index (χ0v) is 15.6. The lowest BCUT2D eigenvalue weighted by Crippen LogP contribution is -2.35. The van der Waals surface area contributed by atoms with Crippen LogP contribution in [0.15, 0.2) is 36.7 Å². The van der Waals surface area contributed by atoms with Crippen molar-refractivity contribution in [3.63, 3.8) is 0 Å². The number of nitrogens with zero attached hydrogens (tertiary/aromatic N) is 4. The van der Waals surface area contributed by atoms with E-state index < -0.39 is 24.5 Å². The molecule has 3 aromatic rings. The predicted molar refractivity (Wildman–Crippen MR) is 103 cm³/mol. The molecule has 1 fully saturated rings. The molecule has 0 amide bonds. The summed E-state index contributed by atoms with van der Waals surface area (Å²) in [5.41, 5.74) is 7.39. The van der Waals surface area contributed by atoms with Crippen LogP contribution in [0.4, 0.5) is 5.82 Å². The Balaban J connectivity index is 1.72. The number of imidazole rings is 1. The third-order valence-corrected chi connectivity index (χ3v) is 4.72. The molecule has 3 heterocycles. The minimum absolute atomic E-state index is 0.125. The average Bonchev–Trinajstić information content (AvgIpc) is 3.28. The van der Waals surface area contributed by atoms with Gasteiger partial charge in [-0.1, -0.05) is 31.0 Å². The van der Waals surface area contributed by atoms with Crippen molar-refractivity contribution in [2.24, 2.45) is 0 Å². The number of ether oxygens (including phenoxy) is 1. The van der Waals surface area contributed by atoms with Gasteiger partial charge in [0.25, 0.3) is 0 Å². The van der Waals surface area contributed by atoms with Crippen molar-refractivity contribution in [2.45, 2.75) is 37.9 Å². The predicted octanol–water partition coefficient (Wildman–Crippen LogP) is 0.407. The smallest absolute Gasteiger partial charge is 0.209 e. The van der Waals surface area contributed by atoms with Crippen molar-refractivity contribution < 1.29 is 19.7 Å². The fourth-order valence-corrected chi connectivity index (χ4v) is 3.19. The number of fused-ring (bicyclic) bond motifs is 1. The number of aliphatic hydroxyl groups excluding tert-OH is 2. The number of carbonyl (C=O) groups is 1. The van der Waals surface area contributed by atoms with Gasteiger partial charge >= 0.3 is 0 Å². The van der Waals surface area contributed by atoms with E-state index in [1.807, 2.05) is 30.3 Å². The van der Waals surface area contributed by atoms with E-state index in [0.29, 0.717) is 5.52 Å². The highest BCUT2D eigenvalue weighted by atomic mass is 16.6. The molecule has 2 aromatic heterocycles. The largest absolute Gasteiger partial charge is 0.387 e. The van der Waals surface area contributed by atoms with Gasteiger partial charge in [-0.3, -0.25) is 9.36 Å². The quantitative estimate of drug-likeness (QED) is 0.544. The van der Waals surface area contributed by atoms with Gasteiger partial charge in [0.05, 0.1) is 6.33 Å². The third-order valence-electron chi connectivity index (χ3n) is 4.72. The highest BCUT2D eigenvalue weighted by Gasteiger charge is 2.47. The van der Waals surface area contributed by atoms with Crippen LogP contribution in [0.25, 0.3) is 11.2 Å². The Morgan fingerprint density at radius 3 is 2.69 bits per heavy atom. The fourth-order valence-electron chi connectivity index (χ4n) is 3.19. The van der Waals surface area contributed by atoms with E-state index in [-0.39, 0.29) is 29.5 Å². The molecule has 1 aliphatic heterocycles. The molecule has 9 heteroatoms. The van der Waals surface area contributed by atoms with Crippen LogP contribution in [0.5, 0.6) is 0 Å². The Morgan fingerprint density at radius 1 is 1.21 bits per heavy atom. The number of aliphatic hydroxyl groups is 2. The highest BCUT2D eigenvalue weighted by Crippen LogP contribution is 2.32. The Morgan fingerprint density at radius 2 is 1.97 bits per heavy atom. The van der Waals surface area contributed by atoms with E-state index in [9.17, 15) is 15.0 Å². The first kappa shape index (κ1) is 19.0. The van der Waals surface area contributed by atoms with Crippen LogP contribution in [0.2, 0.25) is 0 Å². The van der Waals surface area contributed by atoms with E-state index >= 15 is 0 Å². The van der Waals surface area contributed by atoms with Crippen LogP contribution >= 0.6 is 0 Å². The number of carbonyl (C=O) groups excluding carboxylic acids is 1. The number of hydrogen-bond donors (Lipinski definition) is 3. The molecule has 1 aromatic carbocycles. The number of nitrogen functional groups attached to an aromatic ring is 1. The molecule has 9 nitrogen and oxygen atoms in total. The molecular formula is C20H19N5O4. The number of benzene rings is 1. The zero-order valence-electron chi connectivity index (χ0n) is 15.6. The van der Waals surface area contributed by atoms with Crippen molar-refractivity contribution in [3.05, 3.63) is 48.0 Å². The number of anilines is 1. The number of Topliss-reactive ketones (excluding diaryl/α,β-unsaturated/α-hetero) is 1. The summed E-state index contributed by atoms with van der Waals surface area (Å²) >= 11 is 0. The van der Waals surface area contributed by atoms with Gasteiger partial charge in [-0.15, -0.1) is 0 Å². The van der Waals surface area contributed by atoms with Gasteiger partial charge in [0, 0.05) is 12.0 Å². The van der Waals surface area contributed by atoms with Gasteiger partial charge in [-0.05, 0) is 18.1 Å². The summed E-state index contributed by atoms with van der Waals surface area (Å²) in [5.74, 6) is 5.81. The van der Waals surface area contributed by atoms with Crippen LogP contribution < -0.4 is 5.73 Å². The molecule has 0 bridgehead atoms. The molecule has 0 saturated carbocycles. The van der Waals surface area contributed by atoms with Gasteiger partial charge < -0.3 is 20.7 Å². The van der Waals surface area contributed by atoms with Gasteiger partial charge in [0.15, 0.2) is 23.5 Å². The van der Waals surface area contributed by atoms with Gasteiger partial charge in [-0.2, -0.15) is 0 Å². The summed E-state index contributed by atoms with van der Waals surface area (Å²) in [7, 11) is 0. The van der Waals surface area contributed by atoms with Gasteiger partial charge in [0.1, 0.15) is 23.8 Å². The minimum atomic E-state index is -1.35. The average molecular weight is 393 g/mol. The summed E-state index contributed by atoms with van der Waals surface area (Å²) in [6.45, 7) is 1.66. The molecule has 29 heavy (non-hydrogen) atoms. The van der Waals surface area contributed by atoms with Gasteiger partial charge in [0.2, 0.25) is 5.82 Å². The first-order chi connectivity index (χ1) is 14.0. The van der Waals surface area contributed by atoms with E-state index in [0.717, 1.165) is 5.56 Å². The fraction of sp³-hybridized carbons (Fsp3) is 0.300. The van der Waals surface area contributed by atoms with E-state index in [2.05, 4.69) is 26.8 Å². The molecule has 0 unspecified atom stereocenters. The number of rotatable bonds is 3. The second-order valence-corrected chi connectivity index (χ2v) is 6.62. The third kappa shape index (κ3) is 3.45. The van der Waals surface area contributed by atoms with Crippen molar-refractivity contribution in [1.82, 2.24) is 19.5 Å². The first-order valence-electron chi connectivity index (χ1n) is 9.11. The lowest BCUT2D eigenvalue weighted by molar-refractivity contribution is -0.135. The molecule has 148 valence electrons. The van der Waals surface area contributed by atoms with Crippen LogP contribution in [0.1, 0.15) is 31.0 Å². The summed E-state index contributed by atoms with van der Waals surface area (Å²) in [4.78, 5) is 24.7. The van der Waals surface area contributed by atoms with Crippen molar-refractivity contribution >= 4 is 22.8 Å². The highest BCUT2D eigenvalue weighted by molar-refractivity contribution is 5.84. The zero-order chi connectivity index (χ0) is 20.5. The molecule has 1 saturated heterocycles. The Labute approximate surface area is 166 Å². The summed E-state index contributed by atoms with van der Waals surface area (Å²) in [6.07, 6.45) is -3.28. The van der Waals surface area contributed by atoms with Gasteiger partial charge in [-0.25, -0.2) is 15.0 Å². The summed E-state index contributed by atoms with van der Waals surface area (Å²) in [6, 6.07) is 9.34. The molecule has 0 radical (unpaired) electrons. The Kier molecular flexibility index (Phi) is 4.98. The van der Waals surface area contributed by atoms with Crippen LogP contribution in [-0.2, 0) is 9.53 Å². The summed E-state index contributed by atoms with van der Waals surface area (Å²) in [5, 5.41) is 20.6. The Bertz CT molecular complexity index is 1120. The maximum atomic E-state index is 12.0. The lowest BCUT2D eigenvalue weighted by Gasteiger charge is -2.16. The van der Waals surface area contributed by atoms with E-state index in [4.69, 9.17) is 10.5 Å². The lowest BCUT2D eigenvalue weighted by atomic mass is 10.1. The molecular weight excluding hydrogens is 374 g/mol. The summed E-state index contributed by atoms with van der Waals surface area (Å²) < 4.78 is 7.06. The van der Waals surface area contributed by atoms with Crippen molar-refractivity contribution in [3.8, 4) is 11.8 Å². The molecule has 4 N–H and O–H groups in total. The van der Waals surface area contributed by atoms with E-state index in [1.54, 1.807) is 6.92 Å². The SMILES string of the molecule is CCC(=O)[C@H]1O[C@@H](n2cnc3c(N)nc(C#Cc4ccccc4)nc32)[C@H](O)[C@@H]1O. The monoisotopic (exact) mass is 393 g/mol. The van der Waals surface area contributed by atoms with Crippen LogP contribution in [0.3, 0.4) is 0 Å². The Hall–Kier alpha value is -3.32. The molecule has 0 spiro atoms. The molecule has 0 aliphatic carbocycles. The topological polar surface area (TPSA) is 136 Å².